The fourth-order valence-corrected chi connectivity index (χ4v) is 2.38. The Bertz CT molecular complexity index is 464. The summed E-state index contributed by atoms with van der Waals surface area (Å²) in [5.41, 5.74) is 3.39. The van der Waals surface area contributed by atoms with Crippen molar-refractivity contribution in [3.05, 3.63) is 29.1 Å². The first-order chi connectivity index (χ1) is 6.95. The van der Waals surface area contributed by atoms with Gasteiger partial charge in [0.25, 0.3) is 0 Å². The monoisotopic (exact) mass is 203 g/mol. The smallest absolute Gasteiger partial charge is 0.111 e. The summed E-state index contributed by atoms with van der Waals surface area (Å²) in [6, 6.07) is 8.25. The number of fused-ring (bicyclic) bond motifs is 3. The Hall–Kier alpha value is -1.42. The molecule has 1 N–H and O–H groups in total. The largest absolute Gasteiger partial charge is 0.384 e. The van der Waals surface area contributed by atoms with Crippen molar-refractivity contribution in [2.75, 3.05) is 11.9 Å². The van der Waals surface area contributed by atoms with Gasteiger partial charge in [0.15, 0.2) is 0 Å². The van der Waals surface area contributed by atoms with Crippen molar-refractivity contribution >= 4 is 17.2 Å². The summed E-state index contributed by atoms with van der Waals surface area (Å²) in [4.78, 5) is 1.28. The number of anilines is 1. The second kappa shape index (κ2) is 3.06. The maximum Gasteiger partial charge on any atom is 0.111 e. The molecule has 0 atom stereocenters. The van der Waals surface area contributed by atoms with E-state index in [4.69, 9.17) is 0 Å². The molecular formula is C10H9N3S. The van der Waals surface area contributed by atoms with Gasteiger partial charge in [0, 0.05) is 24.2 Å². The average molecular weight is 203 g/mol. The Morgan fingerprint density at radius 2 is 2.21 bits per heavy atom. The van der Waals surface area contributed by atoms with Crippen LogP contribution in [0.25, 0.3) is 11.3 Å². The van der Waals surface area contributed by atoms with Gasteiger partial charge in [-0.2, -0.15) is 0 Å². The molecule has 4 heteroatoms. The molecule has 1 aliphatic heterocycles. The van der Waals surface area contributed by atoms with Gasteiger partial charge in [0.2, 0.25) is 0 Å². The van der Waals surface area contributed by atoms with Gasteiger partial charge in [-0.05, 0) is 17.6 Å². The van der Waals surface area contributed by atoms with E-state index in [0.29, 0.717) is 0 Å². The summed E-state index contributed by atoms with van der Waals surface area (Å²) in [6.07, 6.45) is 1.02. The van der Waals surface area contributed by atoms with E-state index in [1.807, 2.05) is 12.1 Å². The van der Waals surface area contributed by atoms with Crippen LogP contribution in [0.5, 0.6) is 0 Å². The van der Waals surface area contributed by atoms with Gasteiger partial charge in [-0.3, -0.25) is 0 Å². The standard InChI is InChI=1S/C10H9N3S/c1-2-4-8-7(3-1)10-9(5-6-11-8)14-13-12-10/h1-4,11H,5-6H2. The Labute approximate surface area is 86.0 Å². The number of hydrogen-bond acceptors (Lipinski definition) is 4. The first-order valence-electron chi connectivity index (χ1n) is 4.59. The molecule has 2 aromatic rings. The van der Waals surface area contributed by atoms with Crippen molar-refractivity contribution in [2.45, 2.75) is 6.42 Å². The lowest BCUT2D eigenvalue weighted by Gasteiger charge is -2.05. The highest BCUT2D eigenvalue weighted by molar-refractivity contribution is 7.06. The van der Waals surface area contributed by atoms with Crippen molar-refractivity contribution < 1.29 is 0 Å². The molecule has 0 bridgehead atoms. The molecule has 0 saturated carbocycles. The molecule has 0 radical (unpaired) electrons. The maximum atomic E-state index is 4.19. The van der Waals surface area contributed by atoms with E-state index >= 15 is 0 Å². The summed E-state index contributed by atoms with van der Waals surface area (Å²) < 4.78 is 4.01. The number of nitrogens with zero attached hydrogens (tertiary/aromatic N) is 2. The number of rotatable bonds is 0. The fourth-order valence-electron chi connectivity index (χ4n) is 1.73. The lowest BCUT2D eigenvalue weighted by Crippen LogP contribution is -2.01. The molecule has 0 unspecified atom stereocenters. The maximum absolute atomic E-state index is 4.19. The van der Waals surface area contributed by atoms with Crippen LogP contribution < -0.4 is 5.32 Å². The van der Waals surface area contributed by atoms with Gasteiger partial charge in [-0.15, -0.1) is 5.10 Å². The van der Waals surface area contributed by atoms with E-state index < -0.39 is 0 Å². The van der Waals surface area contributed by atoms with Crippen LogP contribution in [0.1, 0.15) is 4.88 Å². The summed E-state index contributed by atoms with van der Waals surface area (Å²) in [6.45, 7) is 0.966. The van der Waals surface area contributed by atoms with Crippen LogP contribution in [0.3, 0.4) is 0 Å². The normalized spacial score (nSPS) is 13.7. The Kier molecular flexibility index (Phi) is 1.73. The van der Waals surface area contributed by atoms with Crippen LogP contribution in [0.4, 0.5) is 5.69 Å². The van der Waals surface area contributed by atoms with E-state index in [-0.39, 0.29) is 0 Å². The minimum absolute atomic E-state index is 0.966. The Balaban J connectivity index is 2.27. The van der Waals surface area contributed by atoms with Crippen LogP contribution >= 0.6 is 11.5 Å². The highest BCUT2D eigenvalue weighted by atomic mass is 32.1. The summed E-state index contributed by atoms with van der Waals surface area (Å²) in [7, 11) is 0. The van der Waals surface area contributed by atoms with Crippen molar-refractivity contribution in [3.8, 4) is 11.3 Å². The lowest BCUT2D eigenvalue weighted by atomic mass is 10.1. The number of benzene rings is 1. The van der Waals surface area contributed by atoms with E-state index in [9.17, 15) is 0 Å². The number of nitrogens with one attached hydrogen (secondary N) is 1. The fraction of sp³-hybridized carbons (Fsp3) is 0.200. The molecule has 70 valence electrons. The van der Waals surface area contributed by atoms with E-state index in [1.54, 1.807) is 0 Å². The molecule has 0 aliphatic carbocycles. The summed E-state index contributed by atoms with van der Waals surface area (Å²) in [5.74, 6) is 0. The van der Waals surface area contributed by atoms with Crippen LogP contribution in [-0.4, -0.2) is 16.1 Å². The van der Waals surface area contributed by atoms with Gasteiger partial charge in [-0.25, -0.2) is 0 Å². The second-order valence-electron chi connectivity index (χ2n) is 3.27. The zero-order valence-corrected chi connectivity index (χ0v) is 8.34. The quantitative estimate of drug-likeness (QED) is 0.713. The van der Waals surface area contributed by atoms with Crippen LogP contribution in [-0.2, 0) is 6.42 Å². The highest BCUT2D eigenvalue weighted by Gasteiger charge is 2.16. The van der Waals surface area contributed by atoms with Crippen LogP contribution in [0.15, 0.2) is 24.3 Å². The number of hydrogen-bond donors (Lipinski definition) is 1. The second-order valence-corrected chi connectivity index (χ2v) is 4.11. The first kappa shape index (κ1) is 7.94. The molecule has 0 saturated heterocycles. The molecule has 0 amide bonds. The SMILES string of the molecule is c1ccc2c(c1)NCCc1snnc1-2. The number of para-hydroxylation sites is 1. The number of aromatic nitrogens is 2. The molecule has 0 spiro atoms. The third-order valence-corrected chi connectivity index (χ3v) is 3.19. The van der Waals surface area contributed by atoms with E-state index in [1.165, 1.54) is 27.7 Å². The average Bonchev–Trinajstić information content (AvgIpc) is 2.61. The van der Waals surface area contributed by atoms with Gasteiger partial charge >= 0.3 is 0 Å². The molecule has 3 rings (SSSR count). The lowest BCUT2D eigenvalue weighted by molar-refractivity contribution is 1.05. The molecule has 1 aromatic heterocycles. The Morgan fingerprint density at radius 3 is 3.21 bits per heavy atom. The Morgan fingerprint density at radius 1 is 1.29 bits per heavy atom. The summed E-state index contributed by atoms with van der Waals surface area (Å²) in [5, 5.41) is 7.58. The minimum atomic E-state index is 0.966. The van der Waals surface area contributed by atoms with Gasteiger partial charge in [-0.1, -0.05) is 22.7 Å². The van der Waals surface area contributed by atoms with Gasteiger partial charge in [0.05, 0.1) is 4.88 Å². The molecular weight excluding hydrogens is 194 g/mol. The van der Waals surface area contributed by atoms with Gasteiger partial charge in [0.1, 0.15) is 5.69 Å². The molecule has 14 heavy (non-hydrogen) atoms. The molecule has 3 nitrogen and oxygen atoms in total. The van der Waals surface area contributed by atoms with Crippen molar-refractivity contribution in [3.63, 3.8) is 0 Å². The molecule has 0 fully saturated rings. The summed E-state index contributed by atoms with van der Waals surface area (Å²) >= 11 is 1.50. The van der Waals surface area contributed by atoms with E-state index in [0.717, 1.165) is 18.7 Å². The first-order valence-corrected chi connectivity index (χ1v) is 5.37. The van der Waals surface area contributed by atoms with E-state index in [2.05, 4.69) is 27.0 Å². The third kappa shape index (κ3) is 1.11. The zero-order valence-electron chi connectivity index (χ0n) is 7.53. The molecule has 1 aliphatic rings. The topological polar surface area (TPSA) is 37.8 Å². The third-order valence-electron chi connectivity index (χ3n) is 2.41. The van der Waals surface area contributed by atoms with Crippen molar-refractivity contribution in [1.29, 1.82) is 0 Å². The van der Waals surface area contributed by atoms with Crippen molar-refractivity contribution in [2.24, 2.45) is 0 Å². The molecule has 2 heterocycles. The predicted molar refractivity (Wildman–Crippen MR) is 57.5 cm³/mol. The molecule has 1 aromatic carbocycles. The predicted octanol–water partition coefficient (Wildman–Crippen LogP) is 2.17. The zero-order chi connectivity index (χ0) is 9.38. The van der Waals surface area contributed by atoms with Gasteiger partial charge < -0.3 is 5.32 Å². The highest BCUT2D eigenvalue weighted by Crippen LogP contribution is 2.32. The van der Waals surface area contributed by atoms with Crippen LogP contribution in [0, 0.1) is 0 Å². The minimum Gasteiger partial charge on any atom is -0.384 e. The van der Waals surface area contributed by atoms with Crippen LogP contribution in [0.2, 0.25) is 0 Å². The van der Waals surface area contributed by atoms with Crippen molar-refractivity contribution in [1.82, 2.24) is 9.59 Å².